The first kappa shape index (κ1) is 12.0. The van der Waals surface area contributed by atoms with Crippen molar-refractivity contribution in [2.75, 3.05) is 6.61 Å². The number of nitrogens with zero attached hydrogens (tertiary/aromatic N) is 1. The molecule has 0 aliphatic carbocycles. The van der Waals surface area contributed by atoms with E-state index in [1.807, 2.05) is 0 Å². The average Bonchev–Trinajstić information content (AvgIpc) is 2.31. The van der Waals surface area contributed by atoms with E-state index in [-0.39, 0.29) is 12.2 Å². The molecular weight excluding hydrogens is 210 g/mol. The van der Waals surface area contributed by atoms with Crippen molar-refractivity contribution in [3.63, 3.8) is 0 Å². The predicted molar refractivity (Wildman–Crippen MR) is 57.0 cm³/mol. The van der Waals surface area contributed by atoms with Gasteiger partial charge in [-0.05, 0) is 12.1 Å². The number of nitroso groups, excluding NO2 is 1. The molecule has 0 amide bonds. The van der Waals surface area contributed by atoms with Gasteiger partial charge in [-0.1, -0.05) is 30.3 Å². The normalized spacial score (nSPS) is 11.6. The smallest absolute Gasteiger partial charge is 0.342 e. The fourth-order valence-corrected chi connectivity index (χ4v) is 1.18. The Morgan fingerprint density at radius 3 is 2.44 bits per heavy atom. The van der Waals surface area contributed by atoms with Crippen LogP contribution >= 0.6 is 0 Å². The SMILES string of the molecule is CCOC(=O)C(N=O)C(=O)c1ccccc1. The molecule has 5 nitrogen and oxygen atoms in total. The third-order valence-electron chi connectivity index (χ3n) is 1.92. The minimum atomic E-state index is -1.61. The molecule has 0 spiro atoms. The summed E-state index contributed by atoms with van der Waals surface area (Å²) in [7, 11) is 0. The minimum absolute atomic E-state index is 0.104. The van der Waals surface area contributed by atoms with Crippen LogP contribution in [0.5, 0.6) is 0 Å². The van der Waals surface area contributed by atoms with E-state index in [1.165, 1.54) is 12.1 Å². The Kier molecular flexibility index (Phi) is 4.32. The van der Waals surface area contributed by atoms with Crippen molar-refractivity contribution < 1.29 is 14.3 Å². The molecule has 0 radical (unpaired) electrons. The van der Waals surface area contributed by atoms with Crippen molar-refractivity contribution in [3.8, 4) is 0 Å². The second-order valence-corrected chi connectivity index (χ2v) is 2.99. The van der Waals surface area contributed by atoms with Crippen molar-refractivity contribution in [1.29, 1.82) is 0 Å². The van der Waals surface area contributed by atoms with Gasteiger partial charge >= 0.3 is 5.97 Å². The van der Waals surface area contributed by atoms with Gasteiger partial charge in [-0.25, -0.2) is 4.79 Å². The van der Waals surface area contributed by atoms with Crippen LogP contribution in [-0.4, -0.2) is 24.4 Å². The average molecular weight is 221 g/mol. The summed E-state index contributed by atoms with van der Waals surface area (Å²) < 4.78 is 4.58. The Bertz CT molecular complexity index is 388. The fraction of sp³-hybridized carbons (Fsp3) is 0.273. The zero-order valence-corrected chi connectivity index (χ0v) is 8.75. The monoisotopic (exact) mass is 221 g/mol. The number of benzene rings is 1. The molecule has 16 heavy (non-hydrogen) atoms. The zero-order chi connectivity index (χ0) is 12.0. The highest BCUT2D eigenvalue weighted by atomic mass is 16.5. The standard InChI is InChI=1S/C11H11NO4/c1-2-16-11(14)9(12-15)10(13)8-6-4-3-5-7-8/h3-7,9H,2H2,1H3. The van der Waals surface area contributed by atoms with Crippen LogP contribution in [0.1, 0.15) is 17.3 Å². The molecule has 0 aromatic heterocycles. The summed E-state index contributed by atoms with van der Waals surface area (Å²) in [4.78, 5) is 33.4. The third kappa shape index (κ3) is 2.73. The molecule has 0 aliphatic rings. The van der Waals surface area contributed by atoms with E-state index in [1.54, 1.807) is 25.1 Å². The second kappa shape index (κ2) is 5.75. The van der Waals surface area contributed by atoms with Crippen molar-refractivity contribution in [2.45, 2.75) is 13.0 Å². The molecule has 0 N–H and O–H groups in total. The Morgan fingerprint density at radius 2 is 1.94 bits per heavy atom. The summed E-state index contributed by atoms with van der Waals surface area (Å²) in [5.41, 5.74) is 0.264. The van der Waals surface area contributed by atoms with Gasteiger partial charge in [0.05, 0.1) is 6.61 Å². The largest absolute Gasteiger partial charge is 0.464 e. The summed E-state index contributed by atoms with van der Waals surface area (Å²) in [6.07, 6.45) is 0. The minimum Gasteiger partial charge on any atom is -0.464 e. The van der Waals surface area contributed by atoms with Crippen molar-refractivity contribution in [2.24, 2.45) is 5.18 Å². The number of ether oxygens (including phenoxy) is 1. The molecular formula is C11H11NO4. The quantitative estimate of drug-likeness (QED) is 0.327. The van der Waals surface area contributed by atoms with Gasteiger partial charge in [-0.15, -0.1) is 4.91 Å². The molecule has 84 valence electrons. The molecule has 0 heterocycles. The molecule has 0 bridgehead atoms. The van der Waals surface area contributed by atoms with Gasteiger partial charge in [0.15, 0.2) is 0 Å². The topological polar surface area (TPSA) is 72.8 Å². The maximum Gasteiger partial charge on any atom is 0.342 e. The van der Waals surface area contributed by atoms with E-state index in [0.29, 0.717) is 0 Å². The molecule has 0 saturated heterocycles. The summed E-state index contributed by atoms with van der Waals surface area (Å²) in [5, 5.41) is 2.51. The van der Waals surface area contributed by atoms with Crippen LogP contribution < -0.4 is 0 Å². The summed E-state index contributed by atoms with van der Waals surface area (Å²) in [6, 6.07) is 6.42. The van der Waals surface area contributed by atoms with Gasteiger partial charge in [0, 0.05) is 5.56 Å². The number of esters is 1. The van der Waals surface area contributed by atoms with E-state index >= 15 is 0 Å². The molecule has 0 aliphatic heterocycles. The van der Waals surface area contributed by atoms with Gasteiger partial charge in [0.2, 0.25) is 5.78 Å². The summed E-state index contributed by atoms with van der Waals surface area (Å²) in [6.45, 7) is 1.69. The van der Waals surface area contributed by atoms with Crippen LogP contribution in [0.15, 0.2) is 35.5 Å². The van der Waals surface area contributed by atoms with Gasteiger partial charge in [0.1, 0.15) is 0 Å². The molecule has 1 atom stereocenters. The molecule has 1 aromatic carbocycles. The van der Waals surface area contributed by atoms with Crippen LogP contribution in [0.3, 0.4) is 0 Å². The van der Waals surface area contributed by atoms with E-state index in [9.17, 15) is 14.5 Å². The summed E-state index contributed by atoms with van der Waals surface area (Å²) >= 11 is 0. The maximum absolute atomic E-state index is 11.7. The van der Waals surface area contributed by atoms with E-state index in [0.717, 1.165) is 0 Å². The van der Waals surface area contributed by atoms with Crippen LogP contribution in [0.4, 0.5) is 0 Å². The lowest BCUT2D eigenvalue weighted by atomic mass is 10.1. The number of Topliss-reactive ketones (excluding diaryl/α,β-unsaturated/α-hetero) is 1. The molecule has 5 heteroatoms. The Hall–Kier alpha value is -2.04. The second-order valence-electron chi connectivity index (χ2n) is 2.99. The molecule has 1 unspecified atom stereocenters. The first-order valence-corrected chi connectivity index (χ1v) is 4.79. The number of hydrogen-bond acceptors (Lipinski definition) is 5. The van der Waals surface area contributed by atoms with Gasteiger partial charge in [0.25, 0.3) is 6.04 Å². The highest BCUT2D eigenvalue weighted by molar-refractivity contribution is 6.12. The van der Waals surface area contributed by atoms with Crippen LogP contribution in [0, 0.1) is 4.91 Å². The first-order chi connectivity index (χ1) is 7.70. The predicted octanol–water partition coefficient (Wildman–Crippen LogP) is 1.57. The van der Waals surface area contributed by atoms with Crippen LogP contribution in [-0.2, 0) is 9.53 Å². The number of carbonyl (C=O) groups excluding carboxylic acids is 2. The highest BCUT2D eigenvalue weighted by Gasteiger charge is 2.29. The van der Waals surface area contributed by atoms with E-state index in [2.05, 4.69) is 9.91 Å². The molecule has 0 saturated carbocycles. The third-order valence-corrected chi connectivity index (χ3v) is 1.92. The lowest BCUT2D eigenvalue weighted by Crippen LogP contribution is -2.30. The van der Waals surface area contributed by atoms with Gasteiger partial charge in [-0.2, -0.15) is 0 Å². The number of carbonyl (C=O) groups is 2. The van der Waals surface area contributed by atoms with E-state index in [4.69, 9.17) is 0 Å². The molecule has 0 fully saturated rings. The zero-order valence-electron chi connectivity index (χ0n) is 8.75. The Morgan fingerprint density at radius 1 is 1.31 bits per heavy atom. The first-order valence-electron chi connectivity index (χ1n) is 4.79. The molecule has 1 rings (SSSR count). The Labute approximate surface area is 92.4 Å². The van der Waals surface area contributed by atoms with Crippen molar-refractivity contribution in [3.05, 3.63) is 40.8 Å². The number of hydrogen-bond donors (Lipinski definition) is 0. The molecule has 1 aromatic rings. The maximum atomic E-state index is 11.7. The lowest BCUT2D eigenvalue weighted by Gasteiger charge is -2.06. The summed E-state index contributed by atoms with van der Waals surface area (Å²) in [5.74, 6) is -1.56. The highest BCUT2D eigenvalue weighted by Crippen LogP contribution is 2.07. The fourth-order valence-electron chi connectivity index (χ4n) is 1.18. The van der Waals surface area contributed by atoms with Crippen LogP contribution in [0.25, 0.3) is 0 Å². The van der Waals surface area contributed by atoms with Crippen LogP contribution in [0.2, 0.25) is 0 Å². The lowest BCUT2D eigenvalue weighted by molar-refractivity contribution is -0.143. The number of ketones is 1. The Balaban J connectivity index is 2.86. The van der Waals surface area contributed by atoms with Gasteiger partial charge < -0.3 is 4.74 Å². The van der Waals surface area contributed by atoms with E-state index < -0.39 is 17.8 Å². The number of rotatable bonds is 5. The van der Waals surface area contributed by atoms with Gasteiger partial charge in [-0.3, -0.25) is 4.79 Å². The van der Waals surface area contributed by atoms with Crippen molar-refractivity contribution in [1.82, 2.24) is 0 Å². The van der Waals surface area contributed by atoms with Crippen molar-refractivity contribution >= 4 is 11.8 Å².